The highest BCUT2D eigenvalue weighted by atomic mass is 32.2. The van der Waals surface area contributed by atoms with Gasteiger partial charge in [0, 0.05) is 24.1 Å². The van der Waals surface area contributed by atoms with Crippen LogP contribution >= 0.6 is 11.8 Å². The van der Waals surface area contributed by atoms with Crippen molar-refractivity contribution in [1.82, 2.24) is 5.32 Å². The number of benzene rings is 1. The molecule has 0 bridgehead atoms. The second-order valence-corrected chi connectivity index (χ2v) is 6.02. The van der Waals surface area contributed by atoms with Crippen LogP contribution in [0.1, 0.15) is 31.0 Å². The molecule has 0 radical (unpaired) electrons. The van der Waals surface area contributed by atoms with Gasteiger partial charge in [0.1, 0.15) is 0 Å². The van der Waals surface area contributed by atoms with Gasteiger partial charge in [-0.2, -0.15) is 11.8 Å². The first-order valence-corrected chi connectivity index (χ1v) is 7.41. The van der Waals surface area contributed by atoms with Gasteiger partial charge in [-0.3, -0.25) is 0 Å². The van der Waals surface area contributed by atoms with Crippen LogP contribution in [0.3, 0.4) is 0 Å². The molecule has 3 heteroatoms. The zero-order chi connectivity index (χ0) is 12.3. The normalized spacial score (nSPS) is 21.3. The molecule has 1 aliphatic rings. The Morgan fingerprint density at radius 3 is 2.94 bits per heavy atom. The quantitative estimate of drug-likeness (QED) is 0.862. The van der Waals surface area contributed by atoms with E-state index in [1.807, 2.05) is 11.8 Å². The van der Waals surface area contributed by atoms with Crippen molar-refractivity contribution in [2.75, 3.05) is 12.3 Å². The molecule has 2 atom stereocenters. The van der Waals surface area contributed by atoms with Crippen molar-refractivity contribution >= 4 is 11.8 Å². The molecule has 17 heavy (non-hydrogen) atoms. The molecule has 2 nitrogen and oxygen atoms in total. The molecule has 0 saturated heterocycles. The predicted molar refractivity (Wildman–Crippen MR) is 74.2 cm³/mol. The van der Waals surface area contributed by atoms with Crippen LogP contribution in [-0.2, 0) is 5.75 Å². The largest absolute Gasteiger partial charge is 0.392 e. The Labute approximate surface area is 108 Å². The third-order valence-corrected chi connectivity index (χ3v) is 4.40. The van der Waals surface area contributed by atoms with Crippen molar-refractivity contribution < 1.29 is 5.11 Å². The summed E-state index contributed by atoms with van der Waals surface area (Å²) in [5, 5.41) is 13.3. The fourth-order valence-electron chi connectivity index (χ4n) is 2.05. The van der Waals surface area contributed by atoms with Gasteiger partial charge < -0.3 is 10.4 Å². The molecule has 0 saturated carbocycles. The van der Waals surface area contributed by atoms with E-state index < -0.39 is 0 Å². The molecule has 0 aliphatic carbocycles. The highest BCUT2D eigenvalue weighted by Gasteiger charge is 2.20. The van der Waals surface area contributed by atoms with Crippen LogP contribution in [0.25, 0.3) is 0 Å². The number of thioether (sulfide) groups is 1. The third-order valence-electron chi connectivity index (χ3n) is 3.32. The fraction of sp³-hybridized carbons (Fsp3) is 0.571. The summed E-state index contributed by atoms with van der Waals surface area (Å²) < 4.78 is 0. The van der Waals surface area contributed by atoms with Gasteiger partial charge in [0.2, 0.25) is 0 Å². The lowest BCUT2D eigenvalue weighted by Gasteiger charge is -2.27. The lowest BCUT2D eigenvalue weighted by atomic mass is 10.0. The van der Waals surface area contributed by atoms with Crippen molar-refractivity contribution in [1.29, 1.82) is 0 Å². The molecule has 2 unspecified atom stereocenters. The second-order valence-electron chi connectivity index (χ2n) is 4.99. The van der Waals surface area contributed by atoms with Gasteiger partial charge in [-0.05, 0) is 17.0 Å². The van der Waals surface area contributed by atoms with Gasteiger partial charge >= 0.3 is 0 Å². The van der Waals surface area contributed by atoms with Crippen molar-refractivity contribution in [3.63, 3.8) is 0 Å². The van der Waals surface area contributed by atoms with Gasteiger partial charge in [0.25, 0.3) is 0 Å². The molecular formula is C14H21NOS. The molecule has 0 spiro atoms. The van der Waals surface area contributed by atoms with E-state index in [0.29, 0.717) is 18.5 Å². The lowest BCUT2D eigenvalue weighted by molar-refractivity contribution is 0.121. The smallest absolute Gasteiger partial charge is 0.0687 e. The van der Waals surface area contributed by atoms with E-state index in [1.54, 1.807) is 0 Å². The van der Waals surface area contributed by atoms with E-state index >= 15 is 0 Å². The number of rotatable bonds is 4. The minimum Gasteiger partial charge on any atom is -0.392 e. The van der Waals surface area contributed by atoms with Crippen LogP contribution in [0.4, 0.5) is 0 Å². The number of nitrogens with one attached hydrogen (secondary N) is 1. The summed E-state index contributed by atoms with van der Waals surface area (Å²) in [5.74, 6) is 2.53. The summed E-state index contributed by atoms with van der Waals surface area (Å²) in [7, 11) is 0. The molecule has 2 N–H and O–H groups in total. The van der Waals surface area contributed by atoms with Crippen molar-refractivity contribution in [2.45, 2.75) is 31.7 Å². The third kappa shape index (κ3) is 3.24. The maximum atomic E-state index is 9.84. The Morgan fingerprint density at radius 1 is 1.41 bits per heavy atom. The Balaban J connectivity index is 1.99. The molecule has 0 aromatic heterocycles. The lowest BCUT2D eigenvalue weighted by Crippen LogP contribution is -2.35. The first-order valence-electron chi connectivity index (χ1n) is 6.25. The highest BCUT2D eigenvalue weighted by Crippen LogP contribution is 2.31. The van der Waals surface area contributed by atoms with Gasteiger partial charge in [0.15, 0.2) is 0 Å². The fourth-order valence-corrected chi connectivity index (χ4v) is 3.18. The monoisotopic (exact) mass is 251 g/mol. The molecule has 1 aromatic carbocycles. The highest BCUT2D eigenvalue weighted by molar-refractivity contribution is 7.98. The van der Waals surface area contributed by atoms with Gasteiger partial charge in [-0.15, -0.1) is 0 Å². The summed E-state index contributed by atoms with van der Waals surface area (Å²) >= 11 is 1.96. The molecule has 94 valence electrons. The number of aliphatic hydroxyl groups excluding tert-OH is 1. The van der Waals surface area contributed by atoms with Gasteiger partial charge in [-0.1, -0.05) is 38.1 Å². The number of hydrogen-bond acceptors (Lipinski definition) is 3. The van der Waals surface area contributed by atoms with Crippen LogP contribution < -0.4 is 5.32 Å². The van der Waals surface area contributed by atoms with Gasteiger partial charge in [0.05, 0.1) is 6.10 Å². The number of fused-ring (bicyclic) bond motifs is 1. The standard InChI is InChI=1S/C14H21NOS/c1-10(2)14(16)7-15-13-9-17-8-11-5-3-4-6-12(11)13/h3-6,10,13-16H,7-9H2,1-2H3. The summed E-state index contributed by atoms with van der Waals surface area (Å²) in [6.07, 6.45) is -0.255. The Hall–Kier alpha value is -0.510. The average molecular weight is 251 g/mol. The molecule has 1 heterocycles. The van der Waals surface area contributed by atoms with Crippen LogP contribution in [0.15, 0.2) is 24.3 Å². The zero-order valence-corrected chi connectivity index (χ0v) is 11.3. The molecule has 0 amide bonds. The van der Waals surface area contributed by atoms with E-state index in [4.69, 9.17) is 0 Å². The molecule has 1 aromatic rings. The molecule has 1 aliphatic heterocycles. The number of aliphatic hydroxyl groups is 1. The minimum absolute atomic E-state index is 0.255. The maximum Gasteiger partial charge on any atom is 0.0687 e. The van der Waals surface area contributed by atoms with E-state index in [9.17, 15) is 5.11 Å². The first kappa shape index (κ1) is 12.9. The number of hydrogen-bond donors (Lipinski definition) is 2. The summed E-state index contributed by atoms with van der Waals surface area (Å²) in [4.78, 5) is 0. The summed E-state index contributed by atoms with van der Waals surface area (Å²) in [6.45, 7) is 4.78. The topological polar surface area (TPSA) is 32.3 Å². The molecular weight excluding hydrogens is 230 g/mol. The minimum atomic E-state index is -0.255. The van der Waals surface area contributed by atoms with Crippen LogP contribution in [0.5, 0.6) is 0 Å². The Morgan fingerprint density at radius 2 is 2.18 bits per heavy atom. The van der Waals surface area contributed by atoms with Crippen molar-refractivity contribution in [2.24, 2.45) is 5.92 Å². The Kier molecular flexibility index (Phi) is 4.48. The van der Waals surface area contributed by atoms with Gasteiger partial charge in [-0.25, -0.2) is 0 Å². The SMILES string of the molecule is CC(C)C(O)CNC1CSCc2ccccc21. The predicted octanol–water partition coefficient (Wildman–Crippen LogP) is 2.58. The molecule has 2 rings (SSSR count). The van der Waals surface area contributed by atoms with Crippen molar-refractivity contribution in [3.05, 3.63) is 35.4 Å². The van der Waals surface area contributed by atoms with E-state index in [1.165, 1.54) is 11.1 Å². The van der Waals surface area contributed by atoms with Crippen LogP contribution in [0.2, 0.25) is 0 Å². The average Bonchev–Trinajstić information content (AvgIpc) is 2.35. The van der Waals surface area contributed by atoms with E-state index in [2.05, 4.69) is 43.4 Å². The van der Waals surface area contributed by atoms with E-state index in [0.717, 1.165) is 11.5 Å². The second kappa shape index (κ2) is 5.89. The zero-order valence-electron chi connectivity index (χ0n) is 10.5. The van der Waals surface area contributed by atoms with E-state index in [-0.39, 0.29) is 6.10 Å². The summed E-state index contributed by atoms with van der Waals surface area (Å²) in [5.41, 5.74) is 2.84. The molecule has 0 fully saturated rings. The first-order chi connectivity index (χ1) is 8.18. The summed E-state index contributed by atoms with van der Waals surface area (Å²) in [6, 6.07) is 9.00. The van der Waals surface area contributed by atoms with Crippen LogP contribution in [0, 0.1) is 5.92 Å². The van der Waals surface area contributed by atoms with Crippen molar-refractivity contribution in [3.8, 4) is 0 Å². The van der Waals surface area contributed by atoms with Crippen LogP contribution in [-0.4, -0.2) is 23.5 Å². The Bertz CT molecular complexity index is 367. The maximum absolute atomic E-state index is 9.84.